The van der Waals surface area contributed by atoms with E-state index in [2.05, 4.69) is 173 Å². The molecule has 0 unspecified atom stereocenters. The van der Waals surface area contributed by atoms with Gasteiger partial charge in [-0.3, -0.25) is 0 Å². The predicted octanol–water partition coefficient (Wildman–Crippen LogP) is 29.2. The summed E-state index contributed by atoms with van der Waals surface area (Å²) in [5, 5.41) is 0. The lowest BCUT2D eigenvalue weighted by atomic mass is 10.1. The highest BCUT2D eigenvalue weighted by atomic mass is 32.2. The first-order valence-electron chi connectivity index (χ1n) is 29.7. The largest absolute Gasteiger partial charge is 0.140 e. The highest BCUT2D eigenvalue weighted by Gasteiger charge is 2.26. The number of aryl methyl sites for hydroxylation is 4. The molecule has 0 nitrogen and oxygen atoms in total. The molecule has 84 heavy (non-hydrogen) atoms. The number of hydrogen-bond donors (Lipinski definition) is 0. The topological polar surface area (TPSA) is 0 Å². The van der Waals surface area contributed by atoms with Crippen LogP contribution in [0.4, 0.5) is 0 Å². The molecule has 13 aromatic heterocycles. The summed E-state index contributed by atoms with van der Waals surface area (Å²) in [6, 6.07) is 56.9. The van der Waals surface area contributed by atoms with E-state index in [1.807, 2.05) is 147 Å². The molecule has 0 aliphatic carbocycles. The fourth-order valence-electron chi connectivity index (χ4n) is 10.7. The molecule has 0 fully saturated rings. The summed E-state index contributed by atoms with van der Waals surface area (Å²) < 4.78 is 0. The first kappa shape index (κ1) is 59.1. The van der Waals surface area contributed by atoms with Crippen molar-refractivity contribution < 1.29 is 0 Å². The highest BCUT2D eigenvalue weighted by Crippen LogP contribution is 2.56. The summed E-state index contributed by atoms with van der Waals surface area (Å²) >= 11 is 25.4. The van der Waals surface area contributed by atoms with Crippen molar-refractivity contribution in [3.8, 4) is 118 Å². The van der Waals surface area contributed by atoms with Crippen molar-refractivity contribution in [1.29, 1.82) is 0 Å². The van der Waals surface area contributed by atoms with Gasteiger partial charge in [-0.05, 0) is 191 Å². The van der Waals surface area contributed by atoms with Gasteiger partial charge in [0.15, 0.2) is 0 Å². The van der Waals surface area contributed by atoms with Gasteiger partial charge < -0.3 is 0 Å². The van der Waals surface area contributed by atoms with Crippen LogP contribution in [0.1, 0.15) is 117 Å². The Bertz CT molecular complexity index is 4220. The van der Waals surface area contributed by atoms with Crippen LogP contribution in [0.25, 0.3) is 118 Å². The van der Waals surface area contributed by atoms with Crippen molar-refractivity contribution in [3.05, 3.63) is 165 Å². The quantitative estimate of drug-likeness (QED) is 0.0450. The lowest BCUT2D eigenvalue weighted by Gasteiger charge is -2.03. The number of unbranched alkanes of at least 4 members (excludes halogenated alkanes) is 9. The Morgan fingerprint density at radius 1 is 0.214 bits per heavy atom. The van der Waals surface area contributed by atoms with E-state index in [0.717, 1.165) is 0 Å². The fourth-order valence-corrected chi connectivity index (χ4v) is 25.2. The molecule has 13 heterocycles. The fraction of sp³-hybridized carbons (Fsp3) is 0.268. The van der Waals surface area contributed by atoms with Crippen LogP contribution >= 0.6 is 147 Å². The lowest BCUT2D eigenvalue weighted by Crippen LogP contribution is -1.80. The molecular formula is C71H66S13. The third kappa shape index (κ3) is 13.6. The minimum atomic E-state index is 1.19. The molecule has 0 radical (unpaired) electrons. The van der Waals surface area contributed by atoms with Crippen LogP contribution in [-0.4, -0.2) is 0 Å². The zero-order valence-corrected chi connectivity index (χ0v) is 58.4. The van der Waals surface area contributed by atoms with Crippen molar-refractivity contribution in [2.24, 2.45) is 0 Å². The third-order valence-electron chi connectivity index (χ3n) is 15.2. The average Bonchev–Trinajstić information content (AvgIpc) is 3.03. The molecule has 0 spiro atoms. The van der Waals surface area contributed by atoms with E-state index in [1.165, 1.54) is 234 Å². The van der Waals surface area contributed by atoms with Gasteiger partial charge in [0.2, 0.25) is 0 Å². The van der Waals surface area contributed by atoms with E-state index in [1.54, 1.807) is 0 Å². The second-order valence-electron chi connectivity index (χ2n) is 21.5. The van der Waals surface area contributed by atoms with Crippen molar-refractivity contribution in [2.45, 2.75) is 124 Å². The van der Waals surface area contributed by atoms with Gasteiger partial charge in [0.1, 0.15) is 0 Å². The molecule has 0 aliphatic heterocycles. The first-order chi connectivity index (χ1) is 41.3. The van der Waals surface area contributed by atoms with E-state index in [9.17, 15) is 0 Å². The summed E-state index contributed by atoms with van der Waals surface area (Å²) in [5.74, 6) is 0. The summed E-state index contributed by atoms with van der Waals surface area (Å²) in [5.41, 5.74) is 2.67. The van der Waals surface area contributed by atoms with Gasteiger partial charge in [-0.25, -0.2) is 0 Å². The Balaban J connectivity index is 0.862. The first-order valence-corrected chi connectivity index (χ1v) is 40.3. The van der Waals surface area contributed by atoms with Crippen LogP contribution < -0.4 is 0 Å². The maximum absolute atomic E-state index is 2.53. The Hall–Kier alpha value is -3.90. The molecule has 13 heteroatoms. The Labute approximate surface area is 548 Å². The minimum absolute atomic E-state index is 1.19. The normalized spacial score (nSPS) is 11.8. The smallest absolute Gasteiger partial charge is 0.0542 e. The van der Waals surface area contributed by atoms with E-state index in [-0.39, 0.29) is 0 Å². The zero-order valence-electron chi connectivity index (χ0n) is 47.8. The van der Waals surface area contributed by atoms with E-state index >= 15 is 0 Å². The molecule has 0 aromatic carbocycles. The summed E-state index contributed by atoms with van der Waals surface area (Å²) in [4.78, 5) is 35.6. The van der Waals surface area contributed by atoms with Gasteiger partial charge >= 0.3 is 0 Å². The summed E-state index contributed by atoms with van der Waals surface area (Å²) in [6.07, 6.45) is 19.2. The Kier molecular flexibility index (Phi) is 19.4. The van der Waals surface area contributed by atoms with Crippen molar-refractivity contribution in [3.63, 3.8) is 0 Å². The predicted molar refractivity (Wildman–Crippen MR) is 392 cm³/mol. The number of hydrogen-bond acceptors (Lipinski definition) is 13. The second kappa shape index (κ2) is 27.6. The zero-order chi connectivity index (χ0) is 56.9. The third-order valence-corrected chi connectivity index (χ3v) is 31.5. The van der Waals surface area contributed by atoms with Gasteiger partial charge in [-0.1, -0.05) is 78.6 Å². The van der Waals surface area contributed by atoms with Crippen LogP contribution in [0.5, 0.6) is 0 Å². The van der Waals surface area contributed by atoms with E-state index < -0.39 is 0 Å². The summed E-state index contributed by atoms with van der Waals surface area (Å²) in [7, 11) is 0. The molecule has 0 bridgehead atoms. The molecule has 13 aromatic rings. The molecule has 0 aliphatic rings. The van der Waals surface area contributed by atoms with Crippen molar-refractivity contribution in [2.75, 3.05) is 0 Å². The van der Waals surface area contributed by atoms with Crippen LogP contribution in [0.3, 0.4) is 0 Å². The van der Waals surface area contributed by atoms with Gasteiger partial charge in [0, 0.05) is 128 Å². The van der Waals surface area contributed by atoms with Crippen LogP contribution in [0.2, 0.25) is 0 Å². The SMILES string of the molecule is CCCCCCc1ccc(-c2ccc(-c3ccc(-c4cc(-c5ccc(-c6ccc(-c7ccc(CCCCCC)s7)s6)s5)c(-c5sc(-c6ccc(-c7ccc(C)s7)s6)cc5-c5ccc(-c6ccc(-c7ccc(CCCCCC)s7)s6)s5)s4)s3)s2)s1. The van der Waals surface area contributed by atoms with Crippen molar-refractivity contribution in [1.82, 2.24) is 0 Å². The molecule has 0 amide bonds. The maximum Gasteiger partial charge on any atom is 0.0542 e. The lowest BCUT2D eigenvalue weighted by molar-refractivity contribution is 0.670. The van der Waals surface area contributed by atoms with Crippen molar-refractivity contribution >= 4 is 147 Å². The molecule has 0 atom stereocenters. The van der Waals surface area contributed by atoms with Gasteiger partial charge in [-0.2, -0.15) is 0 Å². The molecule has 428 valence electrons. The number of thiophene rings is 13. The Morgan fingerprint density at radius 2 is 0.452 bits per heavy atom. The van der Waals surface area contributed by atoms with Gasteiger partial charge in [0.05, 0.1) is 9.75 Å². The van der Waals surface area contributed by atoms with Gasteiger partial charge in [0.25, 0.3) is 0 Å². The molecule has 0 saturated heterocycles. The maximum atomic E-state index is 2.53. The van der Waals surface area contributed by atoms with E-state index in [0.29, 0.717) is 0 Å². The Morgan fingerprint density at radius 3 is 0.738 bits per heavy atom. The number of rotatable bonds is 27. The van der Waals surface area contributed by atoms with Crippen LogP contribution in [0.15, 0.2) is 146 Å². The van der Waals surface area contributed by atoms with Crippen LogP contribution in [0, 0.1) is 6.92 Å². The minimum Gasteiger partial charge on any atom is -0.140 e. The van der Waals surface area contributed by atoms with E-state index in [4.69, 9.17) is 0 Å². The summed E-state index contributed by atoms with van der Waals surface area (Å²) in [6.45, 7) is 9.10. The standard InChI is InChI=1S/C71H66S13/c1-5-8-11-14-17-45-21-25-53(73-45)57-32-35-62(78-57)60-30-28-50(76-60)48-42-68(66-40-38-56(81-66)52-24-20-44(4)72-52)83-70(48)71-49(51-29-31-61(77-51)63-36-33-58(79-63)54-26-22-46(74-54)18-15-12-9-6-2)43-69(84-71)67-41-39-65(82-67)64-37-34-59(80-64)55-27-23-47(75-55)19-16-13-10-7-3/h20-43H,5-19H2,1-4H3. The molecule has 0 N–H and O–H groups in total. The monoisotopic (exact) mass is 1330 g/mol. The highest BCUT2D eigenvalue weighted by molar-refractivity contribution is 7.33. The molecule has 13 rings (SSSR count). The second-order valence-corrected chi connectivity index (χ2v) is 36.0. The molecule has 0 saturated carbocycles. The van der Waals surface area contributed by atoms with Gasteiger partial charge in [-0.15, -0.1) is 147 Å². The average molecular weight is 1340 g/mol. The molecular weight excluding hydrogens is 1270 g/mol. The van der Waals surface area contributed by atoms with Crippen LogP contribution in [-0.2, 0) is 19.3 Å².